The van der Waals surface area contributed by atoms with Crippen LogP contribution < -0.4 is 5.32 Å². The zero-order valence-corrected chi connectivity index (χ0v) is 16.0. The first-order valence-corrected chi connectivity index (χ1v) is 9.90. The largest absolute Gasteiger partial charge is 0.419 e. The maximum atomic E-state index is 12.9. The summed E-state index contributed by atoms with van der Waals surface area (Å²) in [4.78, 5) is 17.5. The van der Waals surface area contributed by atoms with Gasteiger partial charge in [-0.15, -0.1) is 21.5 Å². The van der Waals surface area contributed by atoms with Crippen molar-refractivity contribution in [2.75, 3.05) is 38.0 Å². The maximum Gasteiger partial charge on any atom is 0.257 e. The molecule has 0 spiro atoms. The molecule has 2 aromatic heterocycles. The van der Waals surface area contributed by atoms with E-state index in [2.05, 4.69) is 25.3 Å². The van der Waals surface area contributed by atoms with Crippen LogP contribution in [-0.2, 0) is 11.3 Å². The van der Waals surface area contributed by atoms with E-state index in [0.29, 0.717) is 30.6 Å². The van der Waals surface area contributed by atoms with Crippen molar-refractivity contribution in [2.24, 2.45) is 0 Å². The number of carbonyl (C=O) groups is 1. The zero-order valence-electron chi connectivity index (χ0n) is 15.2. The normalized spacial score (nSPS) is 15.6. The summed E-state index contributed by atoms with van der Waals surface area (Å²) in [6, 6.07) is 9.68. The monoisotopic (exact) mass is 401 g/mol. The number of anilines is 1. The molecule has 0 atom stereocenters. The molecule has 1 aliphatic rings. The lowest BCUT2D eigenvalue weighted by Crippen LogP contribution is -2.48. The summed E-state index contributed by atoms with van der Waals surface area (Å²) >= 11 is 1.57. The Kier molecular flexibility index (Phi) is 5.75. The molecule has 0 radical (unpaired) electrons. The quantitative estimate of drug-likeness (QED) is 0.685. The van der Waals surface area contributed by atoms with Crippen LogP contribution in [0.25, 0.3) is 10.8 Å². The molecular formula is C19H20FN5O2S. The molecule has 1 aromatic carbocycles. The smallest absolute Gasteiger partial charge is 0.257 e. The van der Waals surface area contributed by atoms with E-state index in [0.717, 1.165) is 31.1 Å². The Morgan fingerprint density at radius 1 is 1.11 bits per heavy atom. The van der Waals surface area contributed by atoms with Gasteiger partial charge in [0.1, 0.15) is 5.82 Å². The van der Waals surface area contributed by atoms with Crippen molar-refractivity contribution in [1.29, 1.82) is 0 Å². The minimum absolute atomic E-state index is 0.0995. The molecule has 1 N–H and O–H groups in total. The Bertz CT molecular complexity index is 905. The van der Waals surface area contributed by atoms with Crippen LogP contribution in [0.2, 0.25) is 0 Å². The SMILES string of the molecule is O=C(CN1CCN(Cc2nnc(-c3cccs3)o2)CC1)Nc1ccc(F)cc1. The van der Waals surface area contributed by atoms with Crippen LogP contribution in [0.3, 0.4) is 0 Å². The van der Waals surface area contributed by atoms with E-state index in [9.17, 15) is 9.18 Å². The van der Waals surface area contributed by atoms with Crippen molar-refractivity contribution >= 4 is 22.9 Å². The molecule has 0 bridgehead atoms. The van der Waals surface area contributed by atoms with Crippen LogP contribution in [0.1, 0.15) is 5.89 Å². The lowest BCUT2D eigenvalue weighted by atomic mass is 10.3. The van der Waals surface area contributed by atoms with Crippen LogP contribution in [-0.4, -0.2) is 58.6 Å². The maximum absolute atomic E-state index is 12.9. The summed E-state index contributed by atoms with van der Waals surface area (Å²) in [5.74, 6) is 0.738. The fourth-order valence-corrected chi connectivity index (χ4v) is 3.70. The third-order valence-electron chi connectivity index (χ3n) is 4.52. The second-order valence-electron chi connectivity index (χ2n) is 6.59. The minimum Gasteiger partial charge on any atom is -0.419 e. The van der Waals surface area contributed by atoms with Gasteiger partial charge in [-0.25, -0.2) is 4.39 Å². The minimum atomic E-state index is -0.321. The summed E-state index contributed by atoms with van der Waals surface area (Å²) in [5, 5.41) is 13.0. The molecule has 3 aromatic rings. The Morgan fingerprint density at radius 2 is 1.86 bits per heavy atom. The fraction of sp³-hybridized carbons (Fsp3) is 0.316. The number of hydrogen-bond acceptors (Lipinski definition) is 7. The number of nitrogens with zero attached hydrogens (tertiary/aromatic N) is 4. The van der Waals surface area contributed by atoms with Crippen molar-refractivity contribution in [3.05, 3.63) is 53.5 Å². The summed E-state index contributed by atoms with van der Waals surface area (Å²) in [7, 11) is 0. The lowest BCUT2D eigenvalue weighted by molar-refractivity contribution is -0.117. The van der Waals surface area contributed by atoms with Gasteiger partial charge < -0.3 is 9.73 Å². The first-order valence-electron chi connectivity index (χ1n) is 9.02. The molecule has 1 amide bonds. The zero-order chi connectivity index (χ0) is 19.3. The number of benzene rings is 1. The van der Waals surface area contributed by atoms with Gasteiger partial charge in [0.05, 0.1) is 18.0 Å². The first kappa shape index (κ1) is 18.7. The molecule has 9 heteroatoms. The van der Waals surface area contributed by atoms with Gasteiger partial charge >= 0.3 is 0 Å². The fourth-order valence-electron chi connectivity index (χ4n) is 3.05. The number of rotatable bonds is 6. The summed E-state index contributed by atoms with van der Waals surface area (Å²) in [6.45, 7) is 4.12. The van der Waals surface area contributed by atoms with Crippen molar-refractivity contribution in [3.63, 3.8) is 0 Å². The number of piperazine rings is 1. The van der Waals surface area contributed by atoms with Gasteiger partial charge in [-0.2, -0.15) is 0 Å². The van der Waals surface area contributed by atoms with Gasteiger partial charge in [0.25, 0.3) is 5.89 Å². The van der Waals surface area contributed by atoms with E-state index < -0.39 is 0 Å². The third kappa shape index (κ3) is 4.80. The van der Waals surface area contributed by atoms with Crippen LogP contribution in [0.15, 0.2) is 46.2 Å². The number of amides is 1. The molecule has 0 unspecified atom stereocenters. The van der Waals surface area contributed by atoms with E-state index in [1.807, 2.05) is 17.5 Å². The van der Waals surface area contributed by atoms with E-state index in [1.54, 1.807) is 23.5 Å². The van der Waals surface area contributed by atoms with Gasteiger partial charge in [-0.05, 0) is 35.7 Å². The van der Waals surface area contributed by atoms with Crippen LogP contribution >= 0.6 is 11.3 Å². The van der Waals surface area contributed by atoms with E-state index >= 15 is 0 Å². The van der Waals surface area contributed by atoms with Crippen molar-refractivity contribution in [2.45, 2.75) is 6.54 Å². The summed E-state index contributed by atoms with van der Waals surface area (Å²) < 4.78 is 18.7. The molecule has 3 heterocycles. The van der Waals surface area contributed by atoms with Gasteiger partial charge in [-0.1, -0.05) is 6.07 Å². The molecule has 4 rings (SSSR count). The third-order valence-corrected chi connectivity index (χ3v) is 5.38. The van der Waals surface area contributed by atoms with Crippen LogP contribution in [0, 0.1) is 5.82 Å². The highest BCUT2D eigenvalue weighted by molar-refractivity contribution is 7.13. The van der Waals surface area contributed by atoms with Gasteiger partial charge in [0.2, 0.25) is 11.8 Å². The van der Waals surface area contributed by atoms with E-state index in [-0.39, 0.29) is 11.7 Å². The Morgan fingerprint density at radius 3 is 2.57 bits per heavy atom. The molecule has 146 valence electrons. The molecule has 1 aliphatic heterocycles. The van der Waals surface area contributed by atoms with Crippen LogP contribution in [0.5, 0.6) is 0 Å². The molecule has 1 fully saturated rings. The predicted molar refractivity (Wildman–Crippen MR) is 104 cm³/mol. The van der Waals surface area contributed by atoms with Crippen molar-refractivity contribution in [1.82, 2.24) is 20.0 Å². The molecule has 0 aliphatic carbocycles. The van der Waals surface area contributed by atoms with E-state index in [4.69, 9.17) is 4.42 Å². The number of thiophene rings is 1. The average Bonchev–Trinajstić information content (AvgIpc) is 3.37. The van der Waals surface area contributed by atoms with Gasteiger partial charge in [0.15, 0.2) is 0 Å². The standard InChI is InChI=1S/C19H20FN5O2S/c20-14-3-5-15(6-4-14)21-17(26)12-24-7-9-25(10-8-24)13-18-22-23-19(27-18)16-2-1-11-28-16/h1-6,11H,7-10,12-13H2,(H,21,26). The van der Waals surface area contributed by atoms with Crippen LogP contribution in [0.4, 0.5) is 10.1 Å². The summed E-state index contributed by atoms with van der Waals surface area (Å²) in [6.07, 6.45) is 0. The Labute approximate surface area is 165 Å². The highest BCUT2D eigenvalue weighted by atomic mass is 32.1. The molecule has 1 saturated heterocycles. The number of halogens is 1. The molecule has 0 saturated carbocycles. The number of carbonyl (C=O) groups excluding carboxylic acids is 1. The number of hydrogen-bond donors (Lipinski definition) is 1. The predicted octanol–water partition coefficient (Wildman–Crippen LogP) is 2.69. The lowest BCUT2D eigenvalue weighted by Gasteiger charge is -2.33. The van der Waals surface area contributed by atoms with Crippen molar-refractivity contribution < 1.29 is 13.6 Å². The Balaban J connectivity index is 1.22. The summed E-state index contributed by atoms with van der Waals surface area (Å²) in [5.41, 5.74) is 0.600. The number of aromatic nitrogens is 2. The Hall–Kier alpha value is -2.62. The second-order valence-corrected chi connectivity index (χ2v) is 7.53. The highest BCUT2D eigenvalue weighted by Gasteiger charge is 2.21. The average molecular weight is 401 g/mol. The number of nitrogens with one attached hydrogen (secondary N) is 1. The van der Waals surface area contributed by atoms with Gasteiger partial charge in [0, 0.05) is 31.9 Å². The molecule has 28 heavy (non-hydrogen) atoms. The molecule has 7 nitrogen and oxygen atoms in total. The van der Waals surface area contributed by atoms with Crippen molar-refractivity contribution in [3.8, 4) is 10.8 Å². The topological polar surface area (TPSA) is 74.5 Å². The van der Waals surface area contributed by atoms with Gasteiger partial charge in [-0.3, -0.25) is 14.6 Å². The second kappa shape index (κ2) is 8.59. The molecular weight excluding hydrogens is 381 g/mol. The van der Waals surface area contributed by atoms with E-state index in [1.165, 1.54) is 12.1 Å². The first-order chi connectivity index (χ1) is 13.7. The highest BCUT2D eigenvalue weighted by Crippen LogP contribution is 2.23.